The van der Waals surface area contributed by atoms with Crippen molar-refractivity contribution in [3.05, 3.63) is 71.8 Å². The molecular formula is C20H28BrN. The summed E-state index contributed by atoms with van der Waals surface area (Å²) in [5.41, 5.74) is 3.05. The van der Waals surface area contributed by atoms with Gasteiger partial charge in [0.25, 0.3) is 0 Å². The van der Waals surface area contributed by atoms with Gasteiger partial charge in [0.15, 0.2) is 0 Å². The molecule has 0 spiro atoms. The van der Waals surface area contributed by atoms with Crippen molar-refractivity contribution in [1.82, 2.24) is 0 Å². The molecule has 2 aromatic rings. The summed E-state index contributed by atoms with van der Waals surface area (Å²) in [5.74, 6) is 0.456. The largest absolute Gasteiger partial charge is 1.00 e. The van der Waals surface area contributed by atoms with E-state index in [1.165, 1.54) is 11.1 Å². The minimum Gasteiger partial charge on any atom is -1.00 e. The first-order chi connectivity index (χ1) is 9.98. The highest BCUT2D eigenvalue weighted by atomic mass is 79.9. The Morgan fingerprint density at radius 1 is 0.818 bits per heavy atom. The van der Waals surface area contributed by atoms with Gasteiger partial charge >= 0.3 is 0 Å². The molecule has 0 aliphatic rings. The molecule has 0 aliphatic carbocycles. The molecule has 2 aromatic carbocycles. The molecule has 2 N–H and O–H groups in total. The Hall–Kier alpha value is -1.12. The molecule has 0 atom stereocenters. The van der Waals surface area contributed by atoms with E-state index in [-0.39, 0.29) is 22.5 Å². The van der Waals surface area contributed by atoms with Gasteiger partial charge in [-0.1, -0.05) is 60.7 Å². The molecule has 1 nitrogen and oxygen atoms in total. The van der Waals surface area contributed by atoms with Gasteiger partial charge in [0, 0.05) is 12.3 Å². The van der Waals surface area contributed by atoms with Gasteiger partial charge < -0.3 is 22.3 Å². The van der Waals surface area contributed by atoms with Crippen LogP contribution in [0.15, 0.2) is 60.7 Å². The van der Waals surface area contributed by atoms with E-state index in [0.29, 0.717) is 12.0 Å². The molecule has 2 rings (SSSR count). The van der Waals surface area contributed by atoms with Crippen LogP contribution in [-0.2, 0) is 0 Å². The first kappa shape index (κ1) is 18.9. The first-order valence-corrected chi connectivity index (χ1v) is 7.94. The second kappa shape index (κ2) is 8.50. The van der Waals surface area contributed by atoms with E-state index in [0.717, 1.165) is 6.42 Å². The standard InChI is InChI=1S/C20H27N.BrH/c1-16(2)21-20(3,4)15-19(17-11-7-5-8-12-17)18-13-9-6-10-14-18;/h5-14,16,19,21H,15H2,1-4H3;1H. The zero-order valence-electron chi connectivity index (χ0n) is 14.1. The summed E-state index contributed by atoms with van der Waals surface area (Å²) in [6.45, 7) is 9.24. The fraction of sp³-hybridized carbons (Fsp3) is 0.400. The average Bonchev–Trinajstić information content (AvgIpc) is 2.45. The smallest absolute Gasteiger partial charge is 0.0915 e. The van der Waals surface area contributed by atoms with Crippen molar-refractivity contribution in [2.24, 2.45) is 0 Å². The Balaban J connectivity index is 0.00000242. The van der Waals surface area contributed by atoms with Crippen LogP contribution in [-0.4, -0.2) is 11.6 Å². The van der Waals surface area contributed by atoms with E-state index >= 15 is 0 Å². The second-order valence-electron chi connectivity index (χ2n) is 6.98. The Morgan fingerprint density at radius 2 is 1.23 bits per heavy atom. The van der Waals surface area contributed by atoms with E-state index in [2.05, 4.69) is 93.7 Å². The van der Waals surface area contributed by atoms with Crippen molar-refractivity contribution in [2.75, 3.05) is 0 Å². The third kappa shape index (κ3) is 5.58. The minimum atomic E-state index is 0. The summed E-state index contributed by atoms with van der Waals surface area (Å²) in [5, 5.41) is 2.48. The highest BCUT2D eigenvalue weighted by Crippen LogP contribution is 2.31. The SMILES string of the molecule is CC(C)[NH2+]C(C)(C)CC(c1ccccc1)c1ccccc1.[Br-]. The van der Waals surface area contributed by atoms with Crippen LogP contribution in [0, 0.1) is 0 Å². The van der Waals surface area contributed by atoms with E-state index in [1.807, 2.05) is 0 Å². The van der Waals surface area contributed by atoms with Crippen LogP contribution in [0.5, 0.6) is 0 Å². The molecule has 22 heavy (non-hydrogen) atoms. The molecule has 0 bridgehead atoms. The van der Waals surface area contributed by atoms with E-state index in [9.17, 15) is 0 Å². The molecule has 2 heteroatoms. The second-order valence-corrected chi connectivity index (χ2v) is 6.98. The quantitative estimate of drug-likeness (QED) is 0.789. The van der Waals surface area contributed by atoms with Crippen molar-refractivity contribution < 1.29 is 22.3 Å². The van der Waals surface area contributed by atoms with Gasteiger partial charge in [-0.25, -0.2) is 0 Å². The van der Waals surface area contributed by atoms with Crippen molar-refractivity contribution in [2.45, 2.75) is 51.6 Å². The summed E-state index contributed by atoms with van der Waals surface area (Å²) in [7, 11) is 0. The number of hydrogen-bond acceptors (Lipinski definition) is 0. The molecule has 0 saturated carbocycles. The van der Waals surface area contributed by atoms with Crippen LogP contribution >= 0.6 is 0 Å². The monoisotopic (exact) mass is 361 g/mol. The molecule has 0 radical (unpaired) electrons. The highest BCUT2D eigenvalue weighted by Gasteiger charge is 2.28. The van der Waals surface area contributed by atoms with E-state index in [1.54, 1.807) is 0 Å². The highest BCUT2D eigenvalue weighted by molar-refractivity contribution is 5.32. The molecule has 0 heterocycles. The first-order valence-electron chi connectivity index (χ1n) is 7.94. The molecule has 0 fully saturated rings. The third-order valence-corrected chi connectivity index (χ3v) is 3.92. The summed E-state index contributed by atoms with van der Waals surface area (Å²) < 4.78 is 0. The van der Waals surface area contributed by atoms with Gasteiger partial charge in [0.05, 0.1) is 11.6 Å². The molecule has 0 saturated heterocycles. The lowest BCUT2D eigenvalue weighted by Gasteiger charge is -2.30. The Morgan fingerprint density at radius 3 is 1.59 bits per heavy atom. The van der Waals surface area contributed by atoms with Crippen LogP contribution in [0.3, 0.4) is 0 Å². The molecular weight excluding hydrogens is 334 g/mol. The van der Waals surface area contributed by atoms with Crippen molar-refractivity contribution in [1.29, 1.82) is 0 Å². The minimum absolute atomic E-state index is 0. The number of halogens is 1. The lowest BCUT2D eigenvalue weighted by molar-refractivity contribution is -0.746. The average molecular weight is 362 g/mol. The zero-order valence-corrected chi connectivity index (χ0v) is 15.7. The Labute approximate surface area is 145 Å². The predicted octanol–water partition coefficient (Wildman–Crippen LogP) is 0.963. The van der Waals surface area contributed by atoms with Crippen LogP contribution in [0.4, 0.5) is 0 Å². The van der Waals surface area contributed by atoms with Gasteiger partial charge in [-0.15, -0.1) is 0 Å². The van der Waals surface area contributed by atoms with E-state index < -0.39 is 0 Å². The third-order valence-electron chi connectivity index (χ3n) is 3.92. The molecule has 120 valence electrons. The normalized spacial score (nSPS) is 11.5. The van der Waals surface area contributed by atoms with E-state index in [4.69, 9.17) is 0 Å². The van der Waals surface area contributed by atoms with Crippen LogP contribution in [0.2, 0.25) is 0 Å². The molecule has 0 amide bonds. The maximum absolute atomic E-state index is 2.48. The van der Waals surface area contributed by atoms with Crippen LogP contribution in [0.25, 0.3) is 0 Å². The number of hydrogen-bond donors (Lipinski definition) is 1. The Bertz CT molecular complexity index is 495. The topological polar surface area (TPSA) is 16.6 Å². The van der Waals surface area contributed by atoms with Crippen molar-refractivity contribution in [3.63, 3.8) is 0 Å². The van der Waals surface area contributed by atoms with Gasteiger partial charge in [-0.2, -0.15) is 0 Å². The molecule has 0 unspecified atom stereocenters. The summed E-state index contributed by atoms with van der Waals surface area (Å²) in [6, 6.07) is 22.4. The lowest BCUT2D eigenvalue weighted by atomic mass is 9.81. The molecule has 0 aliphatic heterocycles. The summed E-state index contributed by atoms with van der Waals surface area (Å²) in [4.78, 5) is 0. The molecule has 0 aromatic heterocycles. The maximum atomic E-state index is 2.48. The summed E-state index contributed by atoms with van der Waals surface area (Å²) >= 11 is 0. The Kier molecular flexibility index (Phi) is 7.31. The number of nitrogens with two attached hydrogens (primary N) is 1. The number of rotatable bonds is 6. The maximum Gasteiger partial charge on any atom is 0.0915 e. The predicted molar refractivity (Wildman–Crippen MR) is 90.5 cm³/mol. The summed E-state index contributed by atoms with van der Waals surface area (Å²) in [6.07, 6.45) is 1.14. The van der Waals surface area contributed by atoms with Crippen LogP contribution < -0.4 is 22.3 Å². The fourth-order valence-corrected chi connectivity index (χ4v) is 3.30. The lowest BCUT2D eigenvalue weighted by Crippen LogP contribution is -3.00. The van der Waals surface area contributed by atoms with Gasteiger partial charge in [0.2, 0.25) is 0 Å². The van der Waals surface area contributed by atoms with Crippen LogP contribution in [0.1, 0.15) is 51.2 Å². The number of quaternary nitrogens is 1. The van der Waals surface area contributed by atoms with Gasteiger partial charge in [-0.05, 0) is 38.8 Å². The van der Waals surface area contributed by atoms with Gasteiger partial charge in [-0.3, -0.25) is 0 Å². The van der Waals surface area contributed by atoms with Gasteiger partial charge in [0.1, 0.15) is 0 Å². The van der Waals surface area contributed by atoms with Crippen molar-refractivity contribution in [3.8, 4) is 0 Å². The zero-order chi connectivity index (χ0) is 15.3. The fourth-order valence-electron chi connectivity index (χ4n) is 3.30. The number of benzene rings is 2. The van der Waals surface area contributed by atoms with Crippen molar-refractivity contribution >= 4 is 0 Å².